The van der Waals surface area contributed by atoms with Crippen molar-refractivity contribution in [3.05, 3.63) is 70.0 Å². The average Bonchev–Trinajstić information content (AvgIpc) is 3.03. The smallest absolute Gasteiger partial charge is 0.0488 e. The van der Waals surface area contributed by atoms with Crippen LogP contribution in [0, 0.1) is 0 Å². The van der Waals surface area contributed by atoms with Crippen LogP contribution in [0.3, 0.4) is 0 Å². The summed E-state index contributed by atoms with van der Waals surface area (Å²) in [5, 5.41) is 3.44. The molecule has 0 amide bonds. The number of nitrogens with zero attached hydrogens (tertiary/aromatic N) is 1. The van der Waals surface area contributed by atoms with E-state index in [-0.39, 0.29) is 0 Å². The van der Waals surface area contributed by atoms with Crippen LogP contribution in [0.1, 0.15) is 11.1 Å². The minimum absolute atomic E-state index is 0.900. The first-order valence-electron chi connectivity index (χ1n) is 6.45. The van der Waals surface area contributed by atoms with Gasteiger partial charge in [0.25, 0.3) is 0 Å². The van der Waals surface area contributed by atoms with Crippen molar-refractivity contribution in [2.24, 2.45) is 0 Å². The van der Waals surface area contributed by atoms with Gasteiger partial charge in [0.15, 0.2) is 0 Å². The predicted octanol–water partition coefficient (Wildman–Crippen LogP) is 5.65. The molecule has 1 nitrogen and oxygen atoms in total. The summed E-state index contributed by atoms with van der Waals surface area (Å²) >= 11 is 5.32. The van der Waals surface area contributed by atoms with E-state index in [4.69, 9.17) is 0 Å². The molecule has 0 atom stereocenters. The van der Waals surface area contributed by atoms with Crippen molar-refractivity contribution in [2.45, 2.75) is 6.54 Å². The standard InChI is InChI=1S/C17H12BrNS/c1-11-16-9-14(18)3-2-13(16)10-19(11)15-4-5-17-12(8-15)6-7-20-17/h2-9H,1,10H2. The van der Waals surface area contributed by atoms with Gasteiger partial charge >= 0.3 is 0 Å². The van der Waals surface area contributed by atoms with Gasteiger partial charge in [0, 0.05) is 32.7 Å². The second-order valence-electron chi connectivity index (χ2n) is 4.98. The van der Waals surface area contributed by atoms with Crippen molar-refractivity contribution in [1.29, 1.82) is 0 Å². The largest absolute Gasteiger partial charge is 0.337 e. The van der Waals surface area contributed by atoms with E-state index in [1.165, 1.54) is 26.9 Å². The summed E-state index contributed by atoms with van der Waals surface area (Å²) in [5.74, 6) is 0. The van der Waals surface area contributed by atoms with Gasteiger partial charge in [-0.15, -0.1) is 11.3 Å². The van der Waals surface area contributed by atoms with E-state index in [1.807, 2.05) is 0 Å². The zero-order valence-corrected chi connectivity index (χ0v) is 13.2. The number of anilines is 1. The molecule has 0 unspecified atom stereocenters. The van der Waals surface area contributed by atoms with Crippen molar-refractivity contribution in [3.63, 3.8) is 0 Å². The van der Waals surface area contributed by atoms with Crippen LogP contribution in [-0.4, -0.2) is 0 Å². The molecule has 0 spiro atoms. The Morgan fingerprint density at radius 3 is 2.90 bits per heavy atom. The molecule has 20 heavy (non-hydrogen) atoms. The maximum atomic E-state index is 4.27. The van der Waals surface area contributed by atoms with E-state index in [9.17, 15) is 0 Å². The highest BCUT2D eigenvalue weighted by Gasteiger charge is 2.23. The predicted molar refractivity (Wildman–Crippen MR) is 91.2 cm³/mol. The lowest BCUT2D eigenvalue weighted by molar-refractivity contribution is 1.04. The number of hydrogen-bond acceptors (Lipinski definition) is 2. The summed E-state index contributed by atoms with van der Waals surface area (Å²) in [4.78, 5) is 2.29. The van der Waals surface area contributed by atoms with Gasteiger partial charge in [-0.05, 0) is 52.7 Å². The third-order valence-electron chi connectivity index (χ3n) is 3.78. The highest BCUT2D eigenvalue weighted by atomic mass is 79.9. The lowest BCUT2D eigenvalue weighted by atomic mass is 10.1. The van der Waals surface area contributed by atoms with Gasteiger partial charge in [0.05, 0.1) is 0 Å². The average molecular weight is 342 g/mol. The van der Waals surface area contributed by atoms with Crippen LogP contribution in [0.15, 0.2) is 58.9 Å². The Morgan fingerprint density at radius 2 is 2.00 bits per heavy atom. The fourth-order valence-corrected chi connectivity index (χ4v) is 3.87. The summed E-state index contributed by atoms with van der Waals surface area (Å²) in [7, 11) is 0. The van der Waals surface area contributed by atoms with Gasteiger partial charge in [-0.1, -0.05) is 28.6 Å². The van der Waals surface area contributed by atoms with Crippen molar-refractivity contribution in [2.75, 3.05) is 4.90 Å². The maximum absolute atomic E-state index is 4.27. The summed E-state index contributed by atoms with van der Waals surface area (Å²) in [6, 6.07) is 15.2. The van der Waals surface area contributed by atoms with E-state index in [1.54, 1.807) is 11.3 Å². The Labute approximate surface area is 130 Å². The van der Waals surface area contributed by atoms with Crippen LogP contribution in [0.5, 0.6) is 0 Å². The van der Waals surface area contributed by atoms with Crippen molar-refractivity contribution in [3.8, 4) is 0 Å². The van der Waals surface area contributed by atoms with E-state index in [2.05, 4.69) is 75.3 Å². The third kappa shape index (κ3) is 1.81. The van der Waals surface area contributed by atoms with Gasteiger partial charge < -0.3 is 4.90 Å². The molecule has 1 aliphatic rings. The minimum Gasteiger partial charge on any atom is -0.337 e. The Morgan fingerprint density at radius 1 is 1.10 bits per heavy atom. The van der Waals surface area contributed by atoms with E-state index >= 15 is 0 Å². The van der Waals surface area contributed by atoms with Crippen LogP contribution in [-0.2, 0) is 6.54 Å². The molecular weight excluding hydrogens is 330 g/mol. The quantitative estimate of drug-likeness (QED) is 0.552. The number of benzene rings is 2. The summed E-state index contributed by atoms with van der Waals surface area (Å²) in [5.41, 5.74) is 4.87. The molecule has 0 saturated carbocycles. The normalized spacial score (nSPS) is 14.1. The molecule has 0 radical (unpaired) electrons. The lowest BCUT2D eigenvalue weighted by Gasteiger charge is -2.19. The second kappa shape index (κ2) is 4.47. The summed E-state index contributed by atoms with van der Waals surface area (Å²) < 4.78 is 2.44. The van der Waals surface area contributed by atoms with Gasteiger partial charge in [-0.3, -0.25) is 0 Å². The third-order valence-corrected chi connectivity index (χ3v) is 5.18. The van der Waals surface area contributed by atoms with E-state index in [0.717, 1.165) is 16.7 Å². The summed E-state index contributed by atoms with van der Waals surface area (Å²) in [6.07, 6.45) is 0. The topological polar surface area (TPSA) is 3.24 Å². The van der Waals surface area contributed by atoms with Crippen LogP contribution in [0.2, 0.25) is 0 Å². The molecule has 0 N–H and O–H groups in total. The number of thiophene rings is 1. The van der Waals surface area contributed by atoms with Gasteiger partial charge in [0.2, 0.25) is 0 Å². The molecule has 0 bridgehead atoms. The maximum Gasteiger partial charge on any atom is 0.0488 e. The van der Waals surface area contributed by atoms with Crippen LogP contribution in [0.4, 0.5) is 5.69 Å². The Bertz CT molecular complexity index is 834. The molecule has 0 fully saturated rings. The number of halogens is 1. The minimum atomic E-state index is 0.900. The first-order chi connectivity index (χ1) is 9.72. The molecule has 3 heteroatoms. The first-order valence-corrected chi connectivity index (χ1v) is 8.12. The van der Waals surface area contributed by atoms with Crippen LogP contribution in [0.25, 0.3) is 15.8 Å². The number of hydrogen-bond donors (Lipinski definition) is 0. The molecular formula is C17H12BrNS. The molecule has 2 aromatic carbocycles. The first kappa shape index (κ1) is 12.2. The van der Waals surface area contributed by atoms with E-state index in [0.29, 0.717) is 0 Å². The van der Waals surface area contributed by atoms with E-state index < -0.39 is 0 Å². The molecule has 3 aromatic rings. The fraction of sp³-hybridized carbons (Fsp3) is 0.0588. The lowest BCUT2D eigenvalue weighted by Crippen LogP contribution is -2.12. The van der Waals surface area contributed by atoms with Gasteiger partial charge in [-0.25, -0.2) is 0 Å². The highest BCUT2D eigenvalue weighted by molar-refractivity contribution is 9.10. The molecule has 2 heterocycles. The van der Waals surface area contributed by atoms with Crippen LogP contribution >= 0.6 is 27.3 Å². The summed E-state index contributed by atoms with van der Waals surface area (Å²) in [6.45, 7) is 5.17. The Kier molecular flexibility index (Phi) is 2.72. The Balaban J connectivity index is 1.79. The zero-order chi connectivity index (χ0) is 13.7. The van der Waals surface area contributed by atoms with Crippen molar-refractivity contribution >= 4 is 48.7 Å². The molecule has 98 valence electrons. The molecule has 1 aromatic heterocycles. The van der Waals surface area contributed by atoms with Crippen LogP contribution < -0.4 is 4.90 Å². The molecule has 0 aliphatic carbocycles. The molecule has 0 saturated heterocycles. The fourth-order valence-electron chi connectivity index (χ4n) is 2.74. The monoisotopic (exact) mass is 341 g/mol. The SMILES string of the molecule is C=C1c2cc(Br)ccc2CN1c1ccc2sccc2c1. The molecule has 1 aliphatic heterocycles. The molecule has 4 rings (SSSR count). The second-order valence-corrected chi connectivity index (χ2v) is 6.84. The van der Waals surface area contributed by atoms with Crippen molar-refractivity contribution < 1.29 is 0 Å². The van der Waals surface area contributed by atoms with Gasteiger partial charge in [-0.2, -0.15) is 0 Å². The highest BCUT2D eigenvalue weighted by Crippen LogP contribution is 2.38. The van der Waals surface area contributed by atoms with Gasteiger partial charge in [0.1, 0.15) is 0 Å². The zero-order valence-electron chi connectivity index (χ0n) is 10.8. The van der Waals surface area contributed by atoms with Crippen molar-refractivity contribution in [1.82, 2.24) is 0 Å². The Hall–Kier alpha value is -1.58. The number of fused-ring (bicyclic) bond motifs is 2. The number of rotatable bonds is 1.